The Bertz CT molecular complexity index is 720. The van der Waals surface area contributed by atoms with Gasteiger partial charge in [0, 0.05) is 11.6 Å². The van der Waals surface area contributed by atoms with E-state index in [1.54, 1.807) is 0 Å². The summed E-state index contributed by atoms with van der Waals surface area (Å²) in [6, 6.07) is 10.0. The Hall–Kier alpha value is -2.14. The zero-order valence-electron chi connectivity index (χ0n) is 12.9. The second-order valence-corrected chi connectivity index (χ2v) is 6.96. The number of carboxylic acids is 1. The molecule has 1 aromatic heterocycles. The molecule has 1 amide bonds. The van der Waals surface area contributed by atoms with Gasteiger partial charge >= 0.3 is 5.97 Å². The number of aliphatic carboxylic acids is 1. The maximum atomic E-state index is 12.6. The van der Waals surface area contributed by atoms with Crippen molar-refractivity contribution in [2.45, 2.75) is 32.2 Å². The SMILES string of the molecule is Cc1ccc(-c2ccsc2C(=O)N[C@@H]2CC[C@H](C(=O)O)C2)cc1. The molecule has 1 fully saturated rings. The Kier molecular flexibility index (Phi) is 4.48. The lowest BCUT2D eigenvalue weighted by Crippen LogP contribution is -2.33. The highest BCUT2D eigenvalue weighted by molar-refractivity contribution is 7.12. The van der Waals surface area contributed by atoms with Crippen molar-refractivity contribution in [3.8, 4) is 11.1 Å². The van der Waals surface area contributed by atoms with E-state index in [0.717, 1.165) is 17.5 Å². The van der Waals surface area contributed by atoms with Crippen molar-refractivity contribution >= 4 is 23.2 Å². The molecule has 0 saturated heterocycles. The number of benzene rings is 1. The fraction of sp³-hybridized carbons (Fsp3) is 0.333. The number of nitrogens with one attached hydrogen (secondary N) is 1. The molecule has 2 N–H and O–H groups in total. The molecule has 1 saturated carbocycles. The second-order valence-electron chi connectivity index (χ2n) is 6.05. The Morgan fingerprint density at radius 1 is 1.17 bits per heavy atom. The maximum Gasteiger partial charge on any atom is 0.306 e. The predicted molar refractivity (Wildman–Crippen MR) is 90.7 cm³/mol. The van der Waals surface area contributed by atoms with E-state index in [0.29, 0.717) is 17.7 Å². The van der Waals surface area contributed by atoms with E-state index in [-0.39, 0.29) is 17.9 Å². The lowest BCUT2D eigenvalue weighted by atomic mass is 10.0. The first-order chi connectivity index (χ1) is 11.0. The first-order valence-electron chi connectivity index (χ1n) is 7.73. The van der Waals surface area contributed by atoms with E-state index in [2.05, 4.69) is 5.32 Å². The molecule has 1 aliphatic carbocycles. The van der Waals surface area contributed by atoms with E-state index in [1.165, 1.54) is 16.9 Å². The number of carboxylic acid groups (broad SMARTS) is 1. The zero-order valence-corrected chi connectivity index (χ0v) is 13.7. The summed E-state index contributed by atoms with van der Waals surface area (Å²) in [6.07, 6.45) is 1.88. The first kappa shape index (κ1) is 15.7. The van der Waals surface area contributed by atoms with Crippen LogP contribution >= 0.6 is 11.3 Å². The van der Waals surface area contributed by atoms with Crippen LogP contribution in [0.1, 0.15) is 34.5 Å². The standard InChI is InChI=1S/C18H19NO3S/c1-11-2-4-12(5-3-11)15-8-9-23-16(15)17(20)19-14-7-6-13(10-14)18(21)22/h2-5,8-9,13-14H,6-7,10H2,1H3,(H,19,20)(H,21,22)/t13-,14+/m0/s1. The molecule has 2 atom stereocenters. The summed E-state index contributed by atoms with van der Waals surface area (Å²) in [5, 5.41) is 14.0. The quantitative estimate of drug-likeness (QED) is 0.898. The Balaban J connectivity index is 1.73. The summed E-state index contributed by atoms with van der Waals surface area (Å²) in [5.41, 5.74) is 3.14. The summed E-state index contributed by atoms with van der Waals surface area (Å²) in [5.74, 6) is -1.20. The third-order valence-electron chi connectivity index (χ3n) is 4.35. The average Bonchev–Trinajstić information content (AvgIpc) is 3.16. The van der Waals surface area contributed by atoms with E-state index in [4.69, 9.17) is 5.11 Å². The summed E-state index contributed by atoms with van der Waals surface area (Å²) in [4.78, 5) is 24.3. The van der Waals surface area contributed by atoms with Crippen LogP contribution in [0.5, 0.6) is 0 Å². The van der Waals surface area contributed by atoms with E-state index >= 15 is 0 Å². The number of carbonyl (C=O) groups excluding carboxylic acids is 1. The molecule has 4 nitrogen and oxygen atoms in total. The van der Waals surface area contributed by atoms with Gasteiger partial charge < -0.3 is 10.4 Å². The van der Waals surface area contributed by atoms with Crippen LogP contribution in [0.15, 0.2) is 35.7 Å². The largest absolute Gasteiger partial charge is 0.481 e. The average molecular weight is 329 g/mol. The molecule has 0 radical (unpaired) electrons. The summed E-state index contributed by atoms with van der Waals surface area (Å²) in [6.45, 7) is 2.03. The van der Waals surface area contributed by atoms with Crippen LogP contribution in [0.4, 0.5) is 0 Å². The van der Waals surface area contributed by atoms with Gasteiger partial charge in [0.15, 0.2) is 0 Å². The number of aryl methyl sites for hydroxylation is 1. The molecule has 0 spiro atoms. The minimum absolute atomic E-state index is 0.0448. The molecule has 0 bridgehead atoms. The van der Waals surface area contributed by atoms with Gasteiger partial charge in [0.1, 0.15) is 0 Å². The van der Waals surface area contributed by atoms with Crippen molar-refractivity contribution in [3.05, 3.63) is 46.2 Å². The normalized spacial score (nSPS) is 20.4. The molecule has 1 aliphatic rings. The Labute approximate surface area is 139 Å². The van der Waals surface area contributed by atoms with Gasteiger partial charge in [0.25, 0.3) is 5.91 Å². The van der Waals surface area contributed by atoms with Crippen molar-refractivity contribution in [2.24, 2.45) is 5.92 Å². The number of hydrogen-bond acceptors (Lipinski definition) is 3. The highest BCUT2D eigenvalue weighted by Crippen LogP contribution is 2.30. The molecule has 0 aliphatic heterocycles. The highest BCUT2D eigenvalue weighted by atomic mass is 32.1. The minimum Gasteiger partial charge on any atom is -0.481 e. The monoisotopic (exact) mass is 329 g/mol. The summed E-state index contributed by atoms with van der Waals surface area (Å²) in [7, 11) is 0. The molecule has 2 aromatic rings. The van der Waals surface area contributed by atoms with Gasteiger partial charge in [-0.1, -0.05) is 29.8 Å². The number of carbonyl (C=O) groups is 2. The second kappa shape index (κ2) is 6.54. The molecular formula is C18H19NO3S. The van der Waals surface area contributed by atoms with E-state index in [1.807, 2.05) is 42.6 Å². The third kappa shape index (κ3) is 3.45. The molecule has 3 rings (SSSR count). The summed E-state index contributed by atoms with van der Waals surface area (Å²) >= 11 is 1.42. The van der Waals surface area contributed by atoms with E-state index in [9.17, 15) is 9.59 Å². The fourth-order valence-corrected chi connectivity index (χ4v) is 3.85. The van der Waals surface area contributed by atoms with Crippen LogP contribution < -0.4 is 5.32 Å². The number of amides is 1. The number of hydrogen-bond donors (Lipinski definition) is 2. The smallest absolute Gasteiger partial charge is 0.306 e. The molecule has 1 heterocycles. The number of thiophene rings is 1. The molecule has 1 aromatic carbocycles. The predicted octanol–water partition coefficient (Wildman–Crippen LogP) is 3.71. The van der Waals surface area contributed by atoms with Crippen LogP contribution in [0.3, 0.4) is 0 Å². The lowest BCUT2D eigenvalue weighted by molar-refractivity contribution is -0.141. The van der Waals surface area contributed by atoms with Gasteiger partial charge in [-0.05, 0) is 43.2 Å². The Morgan fingerprint density at radius 2 is 1.91 bits per heavy atom. The van der Waals surface area contributed by atoms with Gasteiger partial charge in [-0.25, -0.2) is 0 Å². The molecular weight excluding hydrogens is 310 g/mol. The van der Waals surface area contributed by atoms with Crippen molar-refractivity contribution in [1.29, 1.82) is 0 Å². The van der Waals surface area contributed by atoms with Gasteiger partial charge in [0.05, 0.1) is 10.8 Å². The van der Waals surface area contributed by atoms with Gasteiger partial charge in [0.2, 0.25) is 0 Å². The molecule has 120 valence electrons. The summed E-state index contributed by atoms with van der Waals surface area (Å²) < 4.78 is 0. The van der Waals surface area contributed by atoms with Gasteiger partial charge in [-0.15, -0.1) is 11.3 Å². The van der Waals surface area contributed by atoms with Crippen molar-refractivity contribution in [1.82, 2.24) is 5.32 Å². The van der Waals surface area contributed by atoms with Crippen LogP contribution in [-0.4, -0.2) is 23.0 Å². The topological polar surface area (TPSA) is 66.4 Å². The fourth-order valence-electron chi connectivity index (χ4n) is 3.03. The lowest BCUT2D eigenvalue weighted by Gasteiger charge is -2.12. The number of rotatable bonds is 4. The van der Waals surface area contributed by atoms with Crippen LogP contribution in [-0.2, 0) is 4.79 Å². The van der Waals surface area contributed by atoms with Crippen molar-refractivity contribution in [2.75, 3.05) is 0 Å². The third-order valence-corrected chi connectivity index (χ3v) is 5.26. The molecule has 5 heteroatoms. The van der Waals surface area contributed by atoms with Crippen LogP contribution in [0.2, 0.25) is 0 Å². The Morgan fingerprint density at radius 3 is 2.57 bits per heavy atom. The maximum absolute atomic E-state index is 12.6. The molecule has 0 unspecified atom stereocenters. The van der Waals surface area contributed by atoms with Crippen molar-refractivity contribution < 1.29 is 14.7 Å². The van der Waals surface area contributed by atoms with E-state index < -0.39 is 5.97 Å². The van der Waals surface area contributed by atoms with Crippen molar-refractivity contribution in [3.63, 3.8) is 0 Å². The highest BCUT2D eigenvalue weighted by Gasteiger charge is 2.31. The first-order valence-corrected chi connectivity index (χ1v) is 8.61. The zero-order chi connectivity index (χ0) is 16.4. The van der Waals surface area contributed by atoms with Gasteiger partial charge in [-0.2, -0.15) is 0 Å². The van der Waals surface area contributed by atoms with Crippen LogP contribution in [0.25, 0.3) is 11.1 Å². The molecule has 23 heavy (non-hydrogen) atoms. The van der Waals surface area contributed by atoms with Gasteiger partial charge in [-0.3, -0.25) is 9.59 Å². The minimum atomic E-state index is -0.766. The van der Waals surface area contributed by atoms with Crippen LogP contribution in [0, 0.1) is 12.8 Å².